The maximum Gasteiger partial charge on any atom is 0.193 e. The summed E-state index contributed by atoms with van der Waals surface area (Å²) in [5.41, 5.74) is 11.5. The lowest BCUT2D eigenvalue weighted by atomic mass is 10.1. The van der Waals surface area contributed by atoms with Crippen molar-refractivity contribution in [2.45, 2.75) is 38.1 Å². The molecule has 4 nitrogen and oxygen atoms in total. The maximum absolute atomic E-state index is 6.20. The molecular formula is C22H28N4. The van der Waals surface area contributed by atoms with Gasteiger partial charge in [-0.1, -0.05) is 36.4 Å². The Morgan fingerprint density at radius 2 is 1.77 bits per heavy atom. The van der Waals surface area contributed by atoms with Crippen molar-refractivity contribution in [3.05, 3.63) is 65.2 Å². The van der Waals surface area contributed by atoms with Gasteiger partial charge in [0.25, 0.3) is 0 Å². The van der Waals surface area contributed by atoms with E-state index in [1.54, 1.807) is 0 Å². The molecule has 0 aromatic heterocycles. The molecule has 3 N–H and O–H groups in total. The molecule has 136 valence electrons. The lowest BCUT2D eigenvalue weighted by molar-refractivity contribution is 0.252. The van der Waals surface area contributed by atoms with Crippen molar-refractivity contribution in [3.8, 4) is 0 Å². The van der Waals surface area contributed by atoms with Gasteiger partial charge in [0.2, 0.25) is 0 Å². The van der Waals surface area contributed by atoms with Crippen LogP contribution in [0, 0.1) is 0 Å². The van der Waals surface area contributed by atoms with Gasteiger partial charge >= 0.3 is 0 Å². The zero-order chi connectivity index (χ0) is 17.8. The van der Waals surface area contributed by atoms with Crippen molar-refractivity contribution in [2.24, 2.45) is 10.7 Å². The fourth-order valence-electron chi connectivity index (χ4n) is 4.18. The molecule has 1 fully saturated rings. The Labute approximate surface area is 156 Å². The van der Waals surface area contributed by atoms with Crippen LogP contribution < -0.4 is 11.1 Å². The Bertz CT molecular complexity index is 763. The molecule has 2 aliphatic rings. The number of nitrogens with zero attached hydrogens (tertiary/aromatic N) is 2. The summed E-state index contributed by atoms with van der Waals surface area (Å²) in [7, 11) is 0. The second-order valence-corrected chi connectivity index (χ2v) is 7.36. The van der Waals surface area contributed by atoms with Gasteiger partial charge in [-0.2, -0.15) is 0 Å². The molecule has 4 rings (SSSR count). The van der Waals surface area contributed by atoms with Crippen molar-refractivity contribution in [1.29, 1.82) is 0 Å². The molecule has 0 saturated carbocycles. The average molecular weight is 348 g/mol. The Balaban J connectivity index is 1.45. The molecule has 1 saturated heterocycles. The molecule has 0 radical (unpaired) electrons. The van der Waals surface area contributed by atoms with Crippen LogP contribution in [0.15, 0.2) is 53.5 Å². The molecule has 1 heterocycles. The highest BCUT2D eigenvalue weighted by Gasteiger charge is 2.23. The van der Waals surface area contributed by atoms with Crippen molar-refractivity contribution in [2.75, 3.05) is 25.0 Å². The van der Waals surface area contributed by atoms with Gasteiger partial charge in [0, 0.05) is 5.69 Å². The van der Waals surface area contributed by atoms with Crippen molar-refractivity contribution >= 4 is 11.6 Å². The van der Waals surface area contributed by atoms with Crippen LogP contribution in [0.1, 0.15) is 42.0 Å². The molecule has 2 aromatic carbocycles. The number of hydrogen-bond donors (Lipinski definition) is 2. The first kappa shape index (κ1) is 17.1. The van der Waals surface area contributed by atoms with Gasteiger partial charge in [-0.15, -0.1) is 0 Å². The van der Waals surface area contributed by atoms with E-state index in [1.165, 1.54) is 48.8 Å². The van der Waals surface area contributed by atoms with Gasteiger partial charge in [0.05, 0.1) is 12.6 Å². The molecule has 0 bridgehead atoms. The van der Waals surface area contributed by atoms with Crippen LogP contribution in [0.2, 0.25) is 0 Å². The van der Waals surface area contributed by atoms with E-state index in [1.807, 2.05) is 0 Å². The third-order valence-electron chi connectivity index (χ3n) is 5.57. The molecule has 1 aliphatic heterocycles. The summed E-state index contributed by atoms with van der Waals surface area (Å²) >= 11 is 0. The van der Waals surface area contributed by atoms with E-state index in [9.17, 15) is 0 Å². The predicted molar refractivity (Wildman–Crippen MR) is 109 cm³/mol. The Hall–Kier alpha value is -2.33. The summed E-state index contributed by atoms with van der Waals surface area (Å²) < 4.78 is 0. The highest BCUT2D eigenvalue weighted by Crippen LogP contribution is 2.26. The number of likely N-dealkylation sites (tertiary alicyclic amines) is 1. The van der Waals surface area contributed by atoms with Crippen molar-refractivity contribution in [1.82, 2.24) is 4.90 Å². The molecule has 1 unspecified atom stereocenters. The summed E-state index contributed by atoms with van der Waals surface area (Å²) in [6, 6.07) is 17.5. The number of guanidine groups is 1. The van der Waals surface area contributed by atoms with Gasteiger partial charge in [-0.25, -0.2) is 0 Å². The Morgan fingerprint density at radius 1 is 1.00 bits per heavy atom. The predicted octanol–water partition coefficient (Wildman–Crippen LogP) is 3.74. The normalized spacial score (nSPS) is 18.7. The van der Waals surface area contributed by atoms with E-state index in [-0.39, 0.29) is 0 Å². The first-order valence-electron chi connectivity index (χ1n) is 9.77. The summed E-state index contributed by atoms with van der Waals surface area (Å²) in [5.74, 6) is 0.503. The first-order valence-corrected chi connectivity index (χ1v) is 9.77. The lowest BCUT2D eigenvalue weighted by Gasteiger charge is -2.26. The summed E-state index contributed by atoms with van der Waals surface area (Å²) in [4.78, 5) is 7.21. The number of nitrogens with two attached hydrogens (primary N) is 1. The zero-order valence-electron chi connectivity index (χ0n) is 15.3. The second-order valence-electron chi connectivity index (χ2n) is 7.36. The molecule has 2 aromatic rings. The van der Waals surface area contributed by atoms with E-state index in [0.29, 0.717) is 18.5 Å². The number of fused-ring (bicyclic) bond motifs is 1. The molecule has 1 atom stereocenters. The number of rotatable bonds is 5. The van der Waals surface area contributed by atoms with Gasteiger partial charge in [0.1, 0.15) is 0 Å². The highest BCUT2D eigenvalue weighted by molar-refractivity contribution is 5.92. The van der Waals surface area contributed by atoms with E-state index < -0.39 is 0 Å². The number of hydrogen-bond acceptors (Lipinski definition) is 2. The van der Waals surface area contributed by atoms with Crippen molar-refractivity contribution in [3.63, 3.8) is 0 Å². The van der Waals surface area contributed by atoms with Crippen LogP contribution in [0.3, 0.4) is 0 Å². The summed E-state index contributed by atoms with van der Waals surface area (Å²) in [6.45, 7) is 2.98. The molecule has 0 amide bonds. The fraction of sp³-hybridized carbons (Fsp3) is 0.409. The average Bonchev–Trinajstić information content (AvgIpc) is 3.34. The highest BCUT2D eigenvalue weighted by atomic mass is 15.2. The van der Waals surface area contributed by atoms with Gasteiger partial charge in [0.15, 0.2) is 5.96 Å². The lowest BCUT2D eigenvalue weighted by Crippen LogP contribution is -2.30. The third-order valence-corrected chi connectivity index (χ3v) is 5.57. The van der Waals surface area contributed by atoms with Crippen LogP contribution in [-0.2, 0) is 12.8 Å². The first-order chi connectivity index (χ1) is 12.8. The van der Waals surface area contributed by atoms with E-state index in [0.717, 1.165) is 18.8 Å². The third kappa shape index (κ3) is 3.91. The minimum atomic E-state index is 0.305. The Kier molecular flexibility index (Phi) is 5.21. The number of aryl methyl sites for hydroxylation is 2. The zero-order valence-corrected chi connectivity index (χ0v) is 15.3. The van der Waals surface area contributed by atoms with Gasteiger partial charge in [-0.3, -0.25) is 9.89 Å². The maximum atomic E-state index is 6.20. The topological polar surface area (TPSA) is 53.6 Å². The van der Waals surface area contributed by atoms with Crippen LogP contribution in [0.5, 0.6) is 0 Å². The fourth-order valence-corrected chi connectivity index (χ4v) is 4.18. The number of benzene rings is 2. The molecule has 26 heavy (non-hydrogen) atoms. The minimum Gasteiger partial charge on any atom is -0.370 e. The van der Waals surface area contributed by atoms with Crippen LogP contribution in [-0.4, -0.2) is 30.5 Å². The smallest absolute Gasteiger partial charge is 0.193 e. The minimum absolute atomic E-state index is 0.305. The largest absolute Gasteiger partial charge is 0.370 e. The standard InChI is InChI=1S/C22H28N4/c23-22(25-20-12-11-17-9-6-10-19(17)15-20)24-16-21(26-13-4-5-14-26)18-7-2-1-3-8-18/h1-3,7-8,11-12,15,21H,4-6,9-10,13-14,16H2,(H3,23,24,25). The summed E-state index contributed by atoms with van der Waals surface area (Å²) in [6.07, 6.45) is 6.18. The monoisotopic (exact) mass is 348 g/mol. The molecule has 1 aliphatic carbocycles. The van der Waals surface area contributed by atoms with E-state index >= 15 is 0 Å². The van der Waals surface area contributed by atoms with E-state index in [4.69, 9.17) is 5.73 Å². The van der Waals surface area contributed by atoms with Gasteiger partial charge in [-0.05, 0) is 74.0 Å². The van der Waals surface area contributed by atoms with E-state index in [2.05, 4.69) is 63.7 Å². The second kappa shape index (κ2) is 7.92. The van der Waals surface area contributed by atoms with Crippen LogP contribution in [0.4, 0.5) is 5.69 Å². The molecular weight excluding hydrogens is 320 g/mol. The number of anilines is 1. The SMILES string of the molecule is NC(=NCC(c1ccccc1)N1CCCC1)Nc1ccc2c(c1)CCC2. The molecule has 0 spiro atoms. The number of nitrogens with one attached hydrogen (secondary N) is 1. The molecule has 4 heteroatoms. The summed E-state index contributed by atoms with van der Waals surface area (Å²) in [5, 5.41) is 3.28. The van der Waals surface area contributed by atoms with Gasteiger partial charge < -0.3 is 11.1 Å². The quantitative estimate of drug-likeness (QED) is 0.639. The number of aliphatic imine (C=N–C) groups is 1. The Morgan fingerprint density at radius 3 is 2.58 bits per heavy atom. The van der Waals surface area contributed by atoms with Crippen LogP contribution >= 0.6 is 0 Å². The van der Waals surface area contributed by atoms with Crippen molar-refractivity contribution < 1.29 is 0 Å². The van der Waals surface area contributed by atoms with Crippen LogP contribution in [0.25, 0.3) is 0 Å².